The minimum Gasteiger partial charge on any atom is -0.392 e. The summed E-state index contributed by atoms with van der Waals surface area (Å²) in [6.45, 7) is 6.58. The third kappa shape index (κ3) is 4.50. The molecule has 0 aliphatic carbocycles. The number of nitrogens with zero attached hydrogens (tertiary/aromatic N) is 4. The number of anilines is 2. The fourth-order valence-corrected chi connectivity index (χ4v) is 4.22. The van der Waals surface area contributed by atoms with Crippen LogP contribution in [0.3, 0.4) is 0 Å². The number of hydrogen-bond donors (Lipinski definition) is 2. The van der Waals surface area contributed by atoms with Gasteiger partial charge in [-0.3, -0.25) is 4.90 Å². The summed E-state index contributed by atoms with van der Waals surface area (Å²) in [6.07, 6.45) is 2.39. The number of β-amino-alcohol motifs (C(OH)–C–C–N with tert-alkyl or cyclic N) is 1. The normalized spacial score (nSPS) is 17.4. The maximum absolute atomic E-state index is 9.66. The Morgan fingerprint density at radius 1 is 1.19 bits per heavy atom. The summed E-state index contributed by atoms with van der Waals surface area (Å²) in [5.41, 5.74) is 5.05. The molecule has 0 saturated carbocycles. The first-order valence-electron chi connectivity index (χ1n) is 9.09. The number of rotatable bonds is 5. The minimum atomic E-state index is -0.204. The molecular weight excluding hydrogens is 358 g/mol. The van der Waals surface area contributed by atoms with E-state index in [0.717, 1.165) is 48.1 Å². The number of aliphatic hydroxyl groups excluding tert-OH is 1. The molecule has 1 saturated heterocycles. The van der Waals surface area contributed by atoms with Crippen molar-refractivity contribution in [3.63, 3.8) is 0 Å². The van der Waals surface area contributed by atoms with Gasteiger partial charge in [0.05, 0.1) is 18.3 Å². The van der Waals surface area contributed by atoms with Gasteiger partial charge in [-0.1, -0.05) is 6.07 Å². The van der Waals surface area contributed by atoms with Crippen LogP contribution in [0.25, 0.3) is 11.4 Å². The van der Waals surface area contributed by atoms with E-state index in [0.29, 0.717) is 5.95 Å². The zero-order chi connectivity index (χ0) is 18.8. The van der Waals surface area contributed by atoms with Crippen molar-refractivity contribution in [2.45, 2.75) is 32.9 Å². The van der Waals surface area contributed by atoms with Crippen molar-refractivity contribution < 1.29 is 5.11 Å². The molecule has 1 aliphatic rings. The summed E-state index contributed by atoms with van der Waals surface area (Å²) in [5.74, 6) is 0.565. The van der Waals surface area contributed by atoms with Gasteiger partial charge in [-0.15, -0.1) is 11.3 Å². The van der Waals surface area contributed by atoms with Crippen molar-refractivity contribution in [2.75, 3.05) is 18.4 Å². The van der Waals surface area contributed by atoms with Crippen LogP contribution >= 0.6 is 11.3 Å². The molecule has 2 aromatic heterocycles. The maximum Gasteiger partial charge on any atom is 0.227 e. The van der Waals surface area contributed by atoms with Gasteiger partial charge in [0.1, 0.15) is 10.7 Å². The molecule has 2 N–H and O–H groups in total. The molecule has 3 heterocycles. The Balaban J connectivity index is 1.49. The second-order valence-corrected chi connectivity index (χ2v) is 8.01. The van der Waals surface area contributed by atoms with Crippen molar-refractivity contribution in [3.8, 4) is 11.4 Å². The molecule has 0 bridgehead atoms. The highest BCUT2D eigenvalue weighted by Gasteiger charge is 2.21. The van der Waals surface area contributed by atoms with E-state index in [4.69, 9.17) is 4.98 Å². The molecule has 7 heteroatoms. The Labute approximate surface area is 162 Å². The van der Waals surface area contributed by atoms with Crippen LogP contribution in [0.1, 0.15) is 22.6 Å². The van der Waals surface area contributed by atoms with Crippen molar-refractivity contribution >= 4 is 23.0 Å². The minimum absolute atomic E-state index is 0.204. The topological polar surface area (TPSA) is 74.2 Å². The number of aryl methyl sites for hydroxylation is 2. The zero-order valence-electron chi connectivity index (χ0n) is 15.5. The first kappa shape index (κ1) is 18.0. The predicted octanol–water partition coefficient (Wildman–Crippen LogP) is 3.53. The summed E-state index contributed by atoms with van der Waals surface area (Å²) >= 11 is 1.63. The highest BCUT2D eigenvalue weighted by molar-refractivity contribution is 7.09. The number of nitrogens with one attached hydrogen (secondary N) is 1. The molecule has 1 fully saturated rings. The van der Waals surface area contributed by atoms with Gasteiger partial charge >= 0.3 is 0 Å². The molecule has 6 nitrogen and oxygen atoms in total. The lowest BCUT2D eigenvalue weighted by Gasteiger charge is -2.12. The van der Waals surface area contributed by atoms with E-state index in [1.807, 2.05) is 11.4 Å². The van der Waals surface area contributed by atoms with Gasteiger partial charge in [-0.05, 0) is 49.6 Å². The summed E-state index contributed by atoms with van der Waals surface area (Å²) in [7, 11) is 0. The molecule has 1 unspecified atom stereocenters. The molecule has 0 amide bonds. The van der Waals surface area contributed by atoms with Gasteiger partial charge in [0.2, 0.25) is 5.95 Å². The molecule has 1 atom stereocenters. The van der Waals surface area contributed by atoms with Crippen molar-refractivity contribution in [2.24, 2.45) is 0 Å². The second kappa shape index (κ2) is 7.72. The summed E-state index contributed by atoms with van der Waals surface area (Å²) < 4.78 is 0. The fraction of sp³-hybridized carbons (Fsp3) is 0.350. The molecule has 0 spiro atoms. The highest BCUT2D eigenvalue weighted by atomic mass is 32.1. The lowest BCUT2D eigenvalue weighted by Crippen LogP contribution is -2.21. The Bertz CT molecular complexity index is 921. The van der Waals surface area contributed by atoms with Crippen LogP contribution < -0.4 is 5.32 Å². The van der Waals surface area contributed by atoms with Crippen LogP contribution in [0.4, 0.5) is 11.6 Å². The van der Waals surface area contributed by atoms with Crippen LogP contribution in [0.5, 0.6) is 0 Å². The van der Waals surface area contributed by atoms with Crippen LogP contribution in [0.2, 0.25) is 0 Å². The molecule has 4 rings (SSSR count). The quantitative estimate of drug-likeness (QED) is 0.704. The zero-order valence-corrected chi connectivity index (χ0v) is 16.3. The van der Waals surface area contributed by atoms with Gasteiger partial charge in [0.25, 0.3) is 0 Å². The predicted molar refractivity (Wildman–Crippen MR) is 108 cm³/mol. The summed E-state index contributed by atoms with van der Waals surface area (Å²) in [6, 6.07) is 8.17. The van der Waals surface area contributed by atoms with E-state index in [1.54, 1.807) is 17.5 Å². The van der Waals surface area contributed by atoms with E-state index >= 15 is 0 Å². The standard InChI is InChI=1S/C20H23N5OS/c1-13-7-14(2)9-15(8-13)22-20-21-5-3-17(24-20)18-12-27-19(23-18)11-25-6-4-16(26)10-25/h3,5,7-9,12,16,26H,4,6,10-11H2,1-2H3,(H,21,22,24). The number of thiazole rings is 1. The van der Waals surface area contributed by atoms with Crippen molar-refractivity contribution in [1.82, 2.24) is 19.9 Å². The number of hydrogen-bond acceptors (Lipinski definition) is 7. The Hall–Kier alpha value is -2.35. The molecule has 3 aromatic rings. The summed E-state index contributed by atoms with van der Waals surface area (Å²) in [5, 5.41) is 16.0. The smallest absolute Gasteiger partial charge is 0.227 e. The van der Waals surface area contributed by atoms with E-state index in [1.165, 1.54) is 11.1 Å². The van der Waals surface area contributed by atoms with E-state index in [-0.39, 0.29) is 6.10 Å². The lowest BCUT2D eigenvalue weighted by molar-refractivity contribution is 0.175. The first-order valence-corrected chi connectivity index (χ1v) is 9.97. The Kier molecular flexibility index (Phi) is 5.15. The van der Waals surface area contributed by atoms with E-state index in [9.17, 15) is 5.11 Å². The third-order valence-corrected chi connectivity index (χ3v) is 5.39. The van der Waals surface area contributed by atoms with Crippen LogP contribution in [0.15, 0.2) is 35.8 Å². The SMILES string of the molecule is Cc1cc(C)cc(Nc2nccc(-c3csc(CN4CCC(O)C4)n3)n2)c1. The van der Waals surface area contributed by atoms with Gasteiger partial charge in [-0.2, -0.15) is 0 Å². The molecule has 1 aromatic carbocycles. The Morgan fingerprint density at radius 3 is 2.74 bits per heavy atom. The number of aliphatic hydroxyl groups is 1. The van der Waals surface area contributed by atoms with Gasteiger partial charge in [0, 0.05) is 30.4 Å². The average Bonchev–Trinajstić information content (AvgIpc) is 3.24. The van der Waals surface area contributed by atoms with Gasteiger partial charge in [0.15, 0.2) is 0 Å². The third-order valence-electron chi connectivity index (χ3n) is 4.55. The molecule has 140 valence electrons. The van der Waals surface area contributed by atoms with Gasteiger partial charge < -0.3 is 10.4 Å². The Morgan fingerprint density at radius 2 is 2.00 bits per heavy atom. The maximum atomic E-state index is 9.66. The number of benzene rings is 1. The molecule has 27 heavy (non-hydrogen) atoms. The van der Waals surface area contributed by atoms with E-state index in [2.05, 4.69) is 52.2 Å². The van der Waals surface area contributed by atoms with Crippen molar-refractivity contribution in [1.29, 1.82) is 0 Å². The van der Waals surface area contributed by atoms with E-state index < -0.39 is 0 Å². The number of likely N-dealkylation sites (tertiary alicyclic amines) is 1. The fourth-order valence-electron chi connectivity index (χ4n) is 3.39. The summed E-state index contributed by atoms with van der Waals surface area (Å²) in [4.78, 5) is 15.9. The van der Waals surface area contributed by atoms with Crippen molar-refractivity contribution in [3.05, 3.63) is 52.0 Å². The first-order chi connectivity index (χ1) is 13.0. The lowest BCUT2D eigenvalue weighted by atomic mass is 10.1. The average molecular weight is 382 g/mol. The second-order valence-electron chi connectivity index (χ2n) is 7.07. The molecule has 0 radical (unpaired) electrons. The monoisotopic (exact) mass is 381 g/mol. The molecular formula is C20H23N5OS. The largest absolute Gasteiger partial charge is 0.392 e. The van der Waals surface area contributed by atoms with Crippen LogP contribution in [-0.2, 0) is 6.54 Å². The number of aromatic nitrogens is 3. The van der Waals surface area contributed by atoms with Crippen LogP contribution in [0, 0.1) is 13.8 Å². The van der Waals surface area contributed by atoms with Crippen LogP contribution in [-0.4, -0.2) is 44.2 Å². The highest BCUT2D eigenvalue weighted by Crippen LogP contribution is 2.24. The van der Waals surface area contributed by atoms with Gasteiger partial charge in [-0.25, -0.2) is 15.0 Å². The molecule has 1 aliphatic heterocycles.